The second kappa shape index (κ2) is 14.8. The van der Waals surface area contributed by atoms with Gasteiger partial charge in [-0.2, -0.15) is 9.13 Å². The molecule has 2 aromatic carbocycles. The average molecular weight is 764 g/mol. The lowest BCUT2D eigenvalue weighted by Crippen LogP contribution is -2.39. The highest BCUT2D eigenvalue weighted by molar-refractivity contribution is 7.97. The summed E-state index contributed by atoms with van der Waals surface area (Å²) in [5.41, 5.74) is 2.39. The van der Waals surface area contributed by atoms with Gasteiger partial charge >= 0.3 is 0 Å². The van der Waals surface area contributed by atoms with E-state index in [9.17, 15) is 26.7 Å². The van der Waals surface area contributed by atoms with Crippen LogP contribution < -0.4 is 14.2 Å². The van der Waals surface area contributed by atoms with E-state index in [-0.39, 0.29) is 38.5 Å². The Kier molecular flexibility index (Phi) is 10.2. The molecule has 0 spiro atoms. The van der Waals surface area contributed by atoms with Crippen LogP contribution in [-0.2, 0) is 51.7 Å². The molecule has 4 aromatic rings. The molecule has 0 aliphatic carbocycles. The van der Waals surface area contributed by atoms with Crippen molar-refractivity contribution in [2.75, 3.05) is 26.4 Å². The maximum Gasteiger partial charge on any atom is 0.218 e. The number of Topliss-reactive ketones (excluding diaryl/α,β-unsaturated/α-hetero) is 1. The van der Waals surface area contributed by atoms with Crippen LogP contribution in [0.5, 0.6) is 0 Å². The standard InChI is InChI=1S/C19H11ClO6S2.C18H22N2O4/c20-11(9-16-18(21)12-5-1-3-7-14(12)27(16,23)24)10-17-19(22)13-6-2-4-8-15(13)28(17,25)26;1-5-19(13-17-21-9-10-22-17)6-2-15(1)16-3-7-20(8-4-16)14-18-23-11-12-24-18/h1-10,21H;1-8,17-18H,9-14H2/q;+2/p-1. The van der Waals surface area contributed by atoms with Crippen molar-refractivity contribution in [3.63, 3.8) is 0 Å². The van der Waals surface area contributed by atoms with Crippen molar-refractivity contribution in [2.24, 2.45) is 0 Å². The maximum atomic E-state index is 12.6. The van der Waals surface area contributed by atoms with Crippen LogP contribution in [0.4, 0.5) is 0 Å². The van der Waals surface area contributed by atoms with Gasteiger partial charge in [-0.1, -0.05) is 47.7 Å². The lowest BCUT2D eigenvalue weighted by atomic mass is 10.1. The largest absolute Gasteiger partial charge is 0.871 e. The van der Waals surface area contributed by atoms with E-state index in [2.05, 4.69) is 58.2 Å². The first-order valence-corrected chi connectivity index (χ1v) is 19.6. The SMILES string of the molecule is O=C1C(=CC(Cl)=CC2=C([O-])c3ccccc3S2(=O)=O)S(=O)(=O)c2ccccc21.c1c[n+](CC2OCCO2)ccc1-c1cc[n+](CC2OCCO2)cc1. The van der Waals surface area contributed by atoms with E-state index in [1.54, 1.807) is 0 Å². The van der Waals surface area contributed by atoms with Crippen molar-refractivity contribution >= 4 is 42.8 Å². The number of carbonyl (C=O) groups is 1. The summed E-state index contributed by atoms with van der Waals surface area (Å²) in [6, 6.07) is 19.8. The average Bonchev–Trinajstić information content (AvgIpc) is 3.94. The van der Waals surface area contributed by atoms with Crippen molar-refractivity contribution in [2.45, 2.75) is 35.5 Å². The lowest BCUT2D eigenvalue weighted by molar-refractivity contribution is -0.709. The molecule has 0 N–H and O–H groups in total. The summed E-state index contributed by atoms with van der Waals surface area (Å²) in [6.45, 7) is 4.18. The van der Waals surface area contributed by atoms with Crippen molar-refractivity contribution in [3.05, 3.63) is 136 Å². The summed E-state index contributed by atoms with van der Waals surface area (Å²) in [6.07, 6.45) is 9.72. The lowest BCUT2D eigenvalue weighted by Gasteiger charge is -2.08. The van der Waals surface area contributed by atoms with Crippen LogP contribution in [0.25, 0.3) is 16.9 Å². The molecule has 2 saturated heterocycles. The van der Waals surface area contributed by atoms with E-state index in [4.69, 9.17) is 30.5 Å². The number of rotatable bonds is 7. The zero-order valence-corrected chi connectivity index (χ0v) is 29.8. The van der Waals surface area contributed by atoms with Gasteiger partial charge in [0.15, 0.2) is 37.9 Å². The predicted molar refractivity (Wildman–Crippen MR) is 184 cm³/mol. The summed E-state index contributed by atoms with van der Waals surface area (Å²) >= 11 is 6.04. The Morgan fingerprint density at radius 3 is 1.60 bits per heavy atom. The molecule has 0 unspecified atom stereocenters. The molecule has 52 heavy (non-hydrogen) atoms. The number of hydrogen-bond acceptors (Lipinski definition) is 10. The second-order valence-corrected chi connectivity index (χ2v) is 16.2. The molecule has 0 radical (unpaired) electrons. The second-order valence-electron chi connectivity index (χ2n) is 12.0. The van der Waals surface area contributed by atoms with Gasteiger partial charge in [-0.3, -0.25) is 4.79 Å². The number of ether oxygens (including phenoxy) is 4. The third kappa shape index (κ3) is 7.23. The van der Waals surface area contributed by atoms with E-state index in [0.717, 1.165) is 25.2 Å². The Morgan fingerprint density at radius 1 is 0.692 bits per heavy atom. The molecule has 12 nitrogen and oxygen atoms in total. The molecule has 2 fully saturated rings. The summed E-state index contributed by atoms with van der Waals surface area (Å²) in [4.78, 5) is 11.0. The minimum absolute atomic E-state index is 0.0165. The van der Waals surface area contributed by atoms with Crippen LogP contribution >= 0.6 is 11.6 Å². The molecule has 0 bridgehead atoms. The van der Waals surface area contributed by atoms with Crippen LogP contribution in [0.3, 0.4) is 0 Å². The Hall–Kier alpha value is -4.54. The number of benzene rings is 2. The molecule has 0 saturated carbocycles. The first-order chi connectivity index (χ1) is 25.0. The number of aromatic nitrogens is 2. The monoisotopic (exact) mass is 763 g/mol. The normalized spacial score (nSPS) is 20.2. The number of nitrogens with zero attached hydrogens (tertiary/aromatic N) is 2. The molecule has 268 valence electrons. The number of halogens is 1. The number of sulfone groups is 2. The molecule has 8 rings (SSSR count). The van der Waals surface area contributed by atoms with Gasteiger partial charge in [-0.05, 0) is 47.0 Å². The fourth-order valence-corrected chi connectivity index (χ4v) is 9.52. The van der Waals surface area contributed by atoms with Gasteiger partial charge in [0.2, 0.25) is 38.0 Å². The van der Waals surface area contributed by atoms with Gasteiger partial charge in [-0.15, -0.1) is 0 Å². The first kappa shape index (κ1) is 35.8. The third-order valence-electron chi connectivity index (χ3n) is 8.62. The highest BCUT2D eigenvalue weighted by atomic mass is 35.5. The van der Waals surface area contributed by atoms with Crippen molar-refractivity contribution < 1.29 is 54.8 Å². The quantitative estimate of drug-likeness (QED) is 0.203. The summed E-state index contributed by atoms with van der Waals surface area (Å²) < 4.78 is 76.3. The minimum Gasteiger partial charge on any atom is -0.871 e. The zero-order chi connectivity index (χ0) is 36.5. The van der Waals surface area contributed by atoms with Crippen molar-refractivity contribution in [3.8, 4) is 11.1 Å². The molecule has 6 heterocycles. The van der Waals surface area contributed by atoms with Crippen molar-refractivity contribution in [1.29, 1.82) is 0 Å². The van der Waals surface area contributed by atoms with Crippen LogP contribution in [0.1, 0.15) is 15.9 Å². The van der Waals surface area contributed by atoms with Crippen LogP contribution in [0.15, 0.2) is 134 Å². The van der Waals surface area contributed by atoms with E-state index in [1.807, 2.05) is 0 Å². The number of pyridine rings is 2. The topological polar surface area (TPSA) is 153 Å². The Balaban J connectivity index is 0.000000164. The summed E-state index contributed by atoms with van der Waals surface area (Å²) in [7, 11) is -8.16. The zero-order valence-electron chi connectivity index (χ0n) is 27.5. The maximum absolute atomic E-state index is 12.6. The molecule has 4 aliphatic heterocycles. The molecule has 0 atom stereocenters. The van der Waals surface area contributed by atoms with Crippen LogP contribution in [-0.4, -0.2) is 61.6 Å². The molecule has 0 amide bonds. The van der Waals surface area contributed by atoms with Gasteiger partial charge < -0.3 is 24.1 Å². The number of carbonyl (C=O) groups excluding carboxylic acids is 1. The van der Waals surface area contributed by atoms with E-state index in [0.29, 0.717) is 26.4 Å². The first-order valence-electron chi connectivity index (χ1n) is 16.2. The summed E-state index contributed by atoms with van der Waals surface area (Å²) in [5.74, 6) is -1.48. The van der Waals surface area contributed by atoms with Gasteiger partial charge in [0, 0.05) is 34.9 Å². The molecule has 2 aromatic heterocycles. The van der Waals surface area contributed by atoms with Crippen LogP contribution in [0, 0.1) is 0 Å². The fourth-order valence-electron chi connectivity index (χ4n) is 6.01. The fraction of sp³-hybridized carbons (Fsp3) is 0.216. The van der Waals surface area contributed by atoms with Crippen molar-refractivity contribution in [1.82, 2.24) is 0 Å². The van der Waals surface area contributed by atoms with Gasteiger partial charge in [0.05, 0.1) is 41.1 Å². The number of allylic oxidation sites excluding steroid dienone is 4. The number of fused-ring (bicyclic) bond motifs is 2. The predicted octanol–water partition coefficient (Wildman–Crippen LogP) is 2.85. The number of hydrogen-bond donors (Lipinski definition) is 0. The van der Waals surface area contributed by atoms with Gasteiger partial charge in [0.1, 0.15) is 4.91 Å². The molecule has 15 heteroatoms. The Labute approximate surface area is 305 Å². The summed E-state index contributed by atoms with van der Waals surface area (Å²) in [5, 5.41) is 12.1. The minimum atomic E-state index is -4.08. The number of ketones is 1. The van der Waals surface area contributed by atoms with Crippen LogP contribution in [0.2, 0.25) is 0 Å². The third-order valence-corrected chi connectivity index (χ3v) is 12.5. The van der Waals surface area contributed by atoms with E-state index < -0.39 is 41.0 Å². The van der Waals surface area contributed by atoms with Gasteiger partial charge in [-0.25, -0.2) is 16.8 Å². The molecule has 4 aliphatic rings. The van der Waals surface area contributed by atoms with Gasteiger partial charge in [0.25, 0.3) is 0 Å². The van der Waals surface area contributed by atoms with E-state index in [1.165, 1.54) is 59.7 Å². The Morgan fingerprint density at radius 2 is 1.13 bits per heavy atom. The highest BCUT2D eigenvalue weighted by Gasteiger charge is 2.39. The molecular weight excluding hydrogens is 732 g/mol. The molecular formula is C37H32ClN2O10S2+. The van der Waals surface area contributed by atoms with E-state index >= 15 is 0 Å². The smallest absolute Gasteiger partial charge is 0.218 e. The Bertz CT molecular complexity index is 2270. The highest BCUT2D eigenvalue weighted by Crippen LogP contribution is 2.39.